The Morgan fingerprint density at radius 2 is 2.28 bits per heavy atom. The maximum atomic E-state index is 11.5. The van der Waals surface area contributed by atoms with Crippen LogP contribution in [0.1, 0.15) is 6.92 Å². The molecule has 7 nitrogen and oxygen atoms in total. The summed E-state index contributed by atoms with van der Waals surface area (Å²) in [5.41, 5.74) is 0. The second-order valence-electron chi connectivity index (χ2n) is 3.22. The van der Waals surface area contributed by atoms with Gasteiger partial charge < -0.3 is 5.11 Å². The average Bonchev–Trinajstić information content (AvgIpc) is 2.85. The van der Waals surface area contributed by atoms with Gasteiger partial charge in [-0.1, -0.05) is 16.4 Å². The van der Waals surface area contributed by atoms with Crippen LogP contribution in [0.5, 0.6) is 0 Å². The van der Waals surface area contributed by atoms with Crippen molar-refractivity contribution in [2.45, 2.75) is 18.6 Å². The largest absolute Gasteiger partial charge is 0.861 e. The Bertz CT molecular complexity index is 528. The number of hydrogen-bond donors (Lipinski definition) is 0. The van der Waals surface area contributed by atoms with Crippen LogP contribution in [-0.4, -0.2) is 26.9 Å². The summed E-state index contributed by atoms with van der Waals surface area (Å²) in [5.74, 6) is 0.0555. The fourth-order valence-electron chi connectivity index (χ4n) is 1.11. The van der Waals surface area contributed by atoms with Gasteiger partial charge in [-0.3, -0.25) is 4.52 Å². The molecule has 0 fully saturated rings. The molecule has 0 unspecified atom stereocenters. The molecular formula is C10H11N5O2S. The highest BCUT2D eigenvalue weighted by atomic mass is 32.2. The van der Waals surface area contributed by atoms with Crippen LogP contribution in [0.4, 0.5) is 5.88 Å². The number of thioether (sulfide) groups is 1. The lowest BCUT2D eigenvalue weighted by atomic mass is 10.7. The van der Waals surface area contributed by atoms with Crippen molar-refractivity contribution in [3.8, 4) is 0 Å². The molecule has 18 heavy (non-hydrogen) atoms. The van der Waals surface area contributed by atoms with E-state index in [9.17, 15) is 5.11 Å². The van der Waals surface area contributed by atoms with E-state index in [0.29, 0.717) is 11.7 Å². The number of aliphatic imine (C=N–C) groups is 1. The fraction of sp³-hybridized carbons (Fsp3) is 0.300. The Labute approximate surface area is 108 Å². The third kappa shape index (κ3) is 3.52. The fourth-order valence-corrected chi connectivity index (χ4v) is 1.70. The molecule has 2 aromatic rings. The van der Waals surface area contributed by atoms with Crippen LogP contribution in [-0.2, 0) is 6.54 Å². The van der Waals surface area contributed by atoms with Crippen molar-refractivity contribution in [1.29, 1.82) is 0 Å². The molecule has 0 spiro atoms. The number of rotatable bonds is 5. The first-order valence-corrected chi connectivity index (χ1v) is 6.27. The van der Waals surface area contributed by atoms with Gasteiger partial charge in [0.25, 0.3) is 6.20 Å². The van der Waals surface area contributed by atoms with Crippen molar-refractivity contribution < 1.29 is 14.3 Å². The average molecular weight is 265 g/mol. The van der Waals surface area contributed by atoms with Crippen LogP contribution in [0.15, 0.2) is 39.3 Å². The maximum Gasteiger partial charge on any atom is 0.320 e. The van der Waals surface area contributed by atoms with Crippen molar-refractivity contribution in [2.24, 2.45) is 4.99 Å². The zero-order valence-electron chi connectivity index (χ0n) is 9.68. The molecule has 2 rings (SSSR count). The summed E-state index contributed by atoms with van der Waals surface area (Å²) in [7, 11) is 0. The lowest BCUT2D eigenvalue weighted by Crippen LogP contribution is -2.32. The Morgan fingerprint density at radius 3 is 2.94 bits per heavy atom. The molecule has 0 radical (unpaired) electrons. The van der Waals surface area contributed by atoms with Crippen LogP contribution in [0.3, 0.4) is 0 Å². The molecule has 0 aromatic carbocycles. The van der Waals surface area contributed by atoms with Crippen LogP contribution in [0.2, 0.25) is 0 Å². The molecule has 0 aliphatic heterocycles. The topological polar surface area (TPSA) is 91.1 Å². The molecule has 94 valence electrons. The van der Waals surface area contributed by atoms with E-state index < -0.39 is 0 Å². The van der Waals surface area contributed by atoms with Gasteiger partial charge in [0.2, 0.25) is 5.27 Å². The summed E-state index contributed by atoms with van der Waals surface area (Å²) in [6, 6.07) is 1.72. The van der Waals surface area contributed by atoms with Gasteiger partial charge in [0, 0.05) is 18.1 Å². The van der Waals surface area contributed by atoms with E-state index >= 15 is 0 Å². The Kier molecular flexibility index (Phi) is 4.24. The molecule has 0 atom stereocenters. The Morgan fingerprint density at radius 1 is 1.50 bits per heavy atom. The number of aromatic nitrogens is 4. The quantitative estimate of drug-likeness (QED) is 0.247. The molecule has 0 aliphatic rings. The third-order valence-electron chi connectivity index (χ3n) is 1.92. The number of hydrogen-bond acceptors (Lipinski definition) is 7. The van der Waals surface area contributed by atoms with E-state index in [4.69, 9.17) is 4.52 Å². The van der Waals surface area contributed by atoms with E-state index in [1.54, 1.807) is 29.3 Å². The van der Waals surface area contributed by atoms with E-state index in [2.05, 4.69) is 20.2 Å². The van der Waals surface area contributed by atoms with Gasteiger partial charge in [0.1, 0.15) is 0 Å². The van der Waals surface area contributed by atoms with Crippen molar-refractivity contribution in [1.82, 2.24) is 15.2 Å². The van der Waals surface area contributed by atoms with Crippen LogP contribution < -0.4 is 9.79 Å². The van der Waals surface area contributed by atoms with Crippen LogP contribution in [0.25, 0.3) is 0 Å². The summed E-state index contributed by atoms with van der Waals surface area (Å²) in [4.78, 5) is 11.8. The summed E-state index contributed by atoms with van der Waals surface area (Å²) in [5, 5.41) is 15.8. The van der Waals surface area contributed by atoms with Gasteiger partial charge in [0.15, 0.2) is 11.7 Å². The van der Waals surface area contributed by atoms with Gasteiger partial charge in [-0.2, -0.15) is 0 Å². The van der Waals surface area contributed by atoms with Gasteiger partial charge in [0.05, 0.1) is 0 Å². The minimum atomic E-state index is -0.313. The summed E-state index contributed by atoms with van der Waals surface area (Å²) in [6.45, 7) is 2.58. The second-order valence-corrected chi connectivity index (χ2v) is 4.16. The van der Waals surface area contributed by atoms with E-state index in [1.807, 2.05) is 6.92 Å². The van der Waals surface area contributed by atoms with Crippen LogP contribution in [0, 0.1) is 0 Å². The molecule has 0 saturated carbocycles. The molecule has 0 bridgehead atoms. The zero-order chi connectivity index (χ0) is 12.8. The first-order valence-electron chi connectivity index (χ1n) is 5.28. The highest BCUT2D eigenvalue weighted by molar-refractivity contribution is 7.99. The summed E-state index contributed by atoms with van der Waals surface area (Å²) in [6.07, 6.45) is 4.82. The molecule has 0 aliphatic carbocycles. The van der Waals surface area contributed by atoms with Gasteiger partial charge in [-0.05, 0) is 18.9 Å². The lowest BCUT2D eigenvalue weighted by molar-refractivity contribution is -0.759. The Hall–Kier alpha value is -1.96. The Balaban J connectivity index is 1.93. The van der Waals surface area contributed by atoms with Gasteiger partial charge >= 0.3 is 5.88 Å². The predicted molar refractivity (Wildman–Crippen MR) is 62.2 cm³/mol. The number of nitrogens with zero attached hydrogens (tertiary/aromatic N) is 5. The monoisotopic (exact) mass is 265 g/mol. The molecule has 0 saturated heterocycles. The summed E-state index contributed by atoms with van der Waals surface area (Å²) >= 11 is 1.23. The highest BCUT2D eigenvalue weighted by Gasteiger charge is 2.07. The van der Waals surface area contributed by atoms with E-state index in [1.165, 1.54) is 11.8 Å². The summed E-state index contributed by atoms with van der Waals surface area (Å²) < 4.78 is 6.42. The first-order chi connectivity index (χ1) is 8.78. The normalized spacial score (nSPS) is 11.7. The third-order valence-corrected chi connectivity index (χ3v) is 2.78. The molecule has 2 heterocycles. The maximum absolute atomic E-state index is 11.5. The SMILES string of the molecule is CC[n+]1cc(/N=C(/[O-])CSc2ncccn2)on1. The van der Waals surface area contributed by atoms with Crippen LogP contribution >= 0.6 is 11.8 Å². The van der Waals surface area contributed by atoms with Gasteiger partial charge in [-0.25, -0.2) is 15.0 Å². The van der Waals surface area contributed by atoms with Gasteiger partial charge in [-0.15, -0.1) is 0 Å². The first kappa shape index (κ1) is 12.5. The second kappa shape index (κ2) is 6.10. The zero-order valence-corrected chi connectivity index (χ0v) is 10.5. The lowest BCUT2D eigenvalue weighted by Gasteiger charge is -2.06. The molecule has 0 amide bonds. The van der Waals surface area contributed by atoms with Crippen molar-refractivity contribution in [3.05, 3.63) is 24.7 Å². The molecule has 2 aromatic heterocycles. The van der Waals surface area contributed by atoms with Crippen molar-refractivity contribution in [3.63, 3.8) is 0 Å². The minimum absolute atomic E-state index is 0.164. The molecular weight excluding hydrogens is 254 g/mol. The van der Waals surface area contributed by atoms with E-state index in [0.717, 1.165) is 0 Å². The van der Waals surface area contributed by atoms with Crippen molar-refractivity contribution in [2.75, 3.05) is 5.75 Å². The molecule has 8 heteroatoms. The minimum Gasteiger partial charge on any atom is -0.861 e. The standard InChI is InChI=1S/C10H11N5O2S/c1-2-15-6-9(17-14-15)13-8(16)7-18-10-11-4-3-5-12-10/h3-6H,2,7H2,1H3. The van der Waals surface area contributed by atoms with Crippen molar-refractivity contribution >= 4 is 23.5 Å². The predicted octanol–water partition coefficient (Wildman–Crippen LogP) is -0.0454. The molecule has 0 N–H and O–H groups in total. The number of aryl methyl sites for hydroxylation is 1. The highest BCUT2D eigenvalue weighted by Crippen LogP contribution is 2.12. The van der Waals surface area contributed by atoms with E-state index in [-0.39, 0.29) is 17.5 Å². The smallest absolute Gasteiger partial charge is 0.320 e.